The number of nitrogens with two attached hydrogens (primary N) is 1. The quantitative estimate of drug-likeness (QED) is 0.693. The highest BCUT2D eigenvalue weighted by Crippen LogP contribution is 2.27. The van der Waals surface area contributed by atoms with Gasteiger partial charge < -0.3 is 10.1 Å². The second kappa shape index (κ2) is 7.73. The lowest BCUT2D eigenvalue weighted by Gasteiger charge is -2.12. The van der Waals surface area contributed by atoms with Crippen molar-refractivity contribution in [2.75, 3.05) is 6.54 Å². The van der Waals surface area contributed by atoms with Crippen molar-refractivity contribution < 1.29 is 0 Å². The normalized spacial score (nSPS) is 12.2. The molecule has 138 valence electrons. The van der Waals surface area contributed by atoms with Crippen molar-refractivity contribution in [3.63, 3.8) is 0 Å². The topological polar surface area (TPSA) is 116 Å². The minimum absolute atomic E-state index is 0.306. The number of aromatic nitrogens is 3. The Labute approximate surface area is 163 Å². The summed E-state index contributed by atoms with van der Waals surface area (Å²) < 4.78 is 1.89. The van der Waals surface area contributed by atoms with Crippen LogP contribution in [0.5, 0.6) is 0 Å². The predicted octanol–water partition coefficient (Wildman–Crippen LogP) is 3.19. The lowest BCUT2D eigenvalue weighted by atomic mass is 9.96. The summed E-state index contributed by atoms with van der Waals surface area (Å²) in [5, 5.41) is 18.4. The third-order valence-corrected chi connectivity index (χ3v) is 4.19. The Kier molecular flexibility index (Phi) is 5.19. The first-order valence-corrected chi connectivity index (χ1v) is 8.65. The molecule has 0 atom stereocenters. The molecule has 0 unspecified atom stereocenters. The summed E-state index contributed by atoms with van der Waals surface area (Å²) in [6, 6.07) is 11.5. The number of allylic oxidation sites excluding steroid dienone is 1. The fraction of sp³-hybridized carbons (Fsp3) is 0.190. The molecule has 0 spiro atoms. The monoisotopic (exact) mass is 369 g/mol. The van der Waals surface area contributed by atoms with E-state index in [1.807, 2.05) is 42.8 Å². The van der Waals surface area contributed by atoms with Gasteiger partial charge in [-0.3, -0.25) is 4.99 Å². The van der Waals surface area contributed by atoms with E-state index in [0.717, 1.165) is 16.8 Å². The lowest BCUT2D eigenvalue weighted by Crippen LogP contribution is -2.12. The first-order valence-electron chi connectivity index (χ1n) is 8.65. The van der Waals surface area contributed by atoms with Crippen LogP contribution in [0.15, 0.2) is 54.0 Å². The molecule has 0 saturated heterocycles. The molecule has 3 aromatic rings. The molecule has 7 nitrogen and oxygen atoms in total. The van der Waals surface area contributed by atoms with Gasteiger partial charge in [-0.25, -0.2) is 9.97 Å². The summed E-state index contributed by atoms with van der Waals surface area (Å²) in [5.41, 5.74) is 9.21. The van der Waals surface area contributed by atoms with Crippen molar-refractivity contribution in [3.05, 3.63) is 60.3 Å². The predicted molar refractivity (Wildman–Crippen MR) is 108 cm³/mol. The van der Waals surface area contributed by atoms with Gasteiger partial charge in [-0.05, 0) is 38.1 Å². The number of fused-ring (bicyclic) bond motifs is 1. The third-order valence-electron chi connectivity index (χ3n) is 4.19. The average Bonchev–Trinajstić information content (AvgIpc) is 3.18. The molecule has 3 aromatic heterocycles. The molecule has 3 rings (SSSR count). The molecule has 7 heteroatoms. The van der Waals surface area contributed by atoms with Gasteiger partial charge in [-0.1, -0.05) is 0 Å². The molecular weight excluding hydrogens is 350 g/mol. The van der Waals surface area contributed by atoms with Crippen LogP contribution in [-0.2, 0) is 0 Å². The SMILES string of the molecule is CC(C)(C#N)CN=CC(=CN)c1ccc(C#N)nc1-c1ccn2ccnc2c1. The zero-order valence-corrected chi connectivity index (χ0v) is 15.7. The standard InChI is InChI=1S/C21H19N7/c1-21(2,13-24)14-25-12-16(10-22)18-4-3-17(11-23)27-20(18)15-5-7-28-8-6-26-19(28)9-15/h3-10,12H,14,22H2,1-2H3. The second-order valence-corrected chi connectivity index (χ2v) is 6.90. The van der Waals surface area contributed by atoms with Crippen molar-refractivity contribution in [1.29, 1.82) is 10.5 Å². The van der Waals surface area contributed by atoms with Crippen LogP contribution in [0.4, 0.5) is 0 Å². The molecule has 0 fully saturated rings. The Hall–Kier alpha value is -3.97. The van der Waals surface area contributed by atoms with E-state index in [9.17, 15) is 5.26 Å². The van der Waals surface area contributed by atoms with Crippen molar-refractivity contribution in [1.82, 2.24) is 14.4 Å². The van der Waals surface area contributed by atoms with Crippen LogP contribution < -0.4 is 5.73 Å². The van der Waals surface area contributed by atoms with Crippen molar-refractivity contribution in [2.24, 2.45) is 16.1 Å². The second-order valence-electron chi connectivity index (χ2n) is 6.90. The van der Waals surface area contributed by atoms with E-state index in [1.165, 1.54) is 6.20 Å². The molecule has 0 aromatic carbocycles. The minimum Gasteiger partial charge on any atom is -0.404 e. The number of nitrogens with zero attached hydrogens (tertiary/aromatic N) is 6. The van der Waals surface area contributed by atoms with Gasteiger partial charge in [0.2, 0.25) is 0 Å². The number of aliphatic imine (C=N–C) groups is 1. The highest BCUT2D eigenvalue weighted by atomic mass is 15.0. The highest BCUT2D eigenvalue weighted by molar-refractivity contribution is 6.11. The fourth-order valence-corrected chi connectivity index (χ4v) is 2.64. The van der Waals surface area contributed by atoms with Gasteiger partial charge in [-0.2, -0.15) is 10.5 Å². The highest BCUT2D eigenvalue weighted by Gasteiger charge is 2.16. The van der Waals surface area contributed by atoms with E-state index in [1.54, 1.807) is 24.5 Å². The average molecular weight is 369 g/mol. The summed E-state index contributed by atoms with van der Waals surface area (Å²) in [7, 11) is 0. The lowest BCUT2D eigenvalue weighted by molar-refractivity contribution is 0.513. The number of hydrogen-bond donors (Lipinski definition) is 1. The summed E-state index contributed by atoms with van der Waals surface area (Å²) in [5.74, 6) is 0. The van der Waals surface area contributed by atoms with E-state index in [4.69, 9.17) is 11.0 Å². The molecule has 0 aliphatic rings. The largest absolute Gasteiger partial charge is 0.404 e. The first-order chi connectivity index (χ1) is 13.5. The molecule has 28 heavy (non-hydrogen) atoms. The van der Waals surface area contributed by atoms with E-state index < -0.39 is 5.41 Å². The smallest absolute Gasteiger partial charge is 0.141 e. The Morgan fingerprint density at radius 1 is 1.29 bits per heavy atom. The molecule has 3 heterocycles. The maximum Gasteiger partial charge on any atom is 0.141 e. The number of rotatable bonds is 5. The molecule has 0 bridgehead atoms. The van der Waals surface area contributed by atoms with Crippen LogP contribution in [0.25, 0.3) is 22.5 Å². The molecule has 0 amide bonds. The summed E-state index contributed by atoms with van der Waals surface area (Å²) in [4.78, 5) is 13.2. The van der Waals surface area contributed by atoms with Gasteiger partial charge >= 0.3 is 0 Å². The fourth-order valence-electron chi connectivity index (χ4n) is 2.64. The van der Waals surface area contributed by atoms with Crippen LogP contribution in [0.3, 0.4) is 0 Å². The van der Waals surface area contributed by atoms with Gasteiger partial charge in [0.15, 0.2) is 0 Å². The number of nitriles is 2. The molecule has 0 aliphatic heterocycles. The van der Waals surface area contributed by atoms with Crippen molar-refractivity contribution >= 4 is 17.4 Å². The minimum atomic E-state index is -0.562. The van der Waals surface area contributed by atoms with Gasteiger partial charge in [-0.15, -0.1) is 0 Å². The van der Waals surface area contributed by atoms with Gasteiger partial charge in [0.25, 0.3) is 0 Å². The first kappa shape index (κ1) is 18.8. The summed E-state index contributed by atoms with van der Waals surface area (Å²) in [6.45, 7) is 4.00. The van der Waals surface area contributed by atoms with E-state index >= 15 is 0 Å². The van der Waals surface area contributed by atoms with Crippen molar-refractivity contribution in [2.45, 2.75) is 13.8 Å². The summed E-state index contributed by atoms with van der Waals surface area (Å²) in [6.07, 6.45) is 8.54. The van der Waals surface area contributed by atoms with Gasteiger partial charge in [0.1, 0.15) is 17.4 Å². The van der Waals surface area contributed by atoms with Crippen LogP contribution in [0.1, 0.15) is 25.1 Å². The number of pyridine rings is 2. The summed E-state index contributed by atoms with van der Waals surface area (Å²) >= 11 is 0. The molecular formula is C21H19N7. The Morgan fingerprint density at radius 3 is 2.82 bits per heavy atom. The number of hydrogen-bond acceptors (Lipinski definition) is 6. The molecule has 0 saturated carbocycles. The maximum absolute atomic E-state index is 9.27. The zero-order valence-electron chi connectivity index (χ0n) is 15.7. The van der Waals surface area contributed by atoms with E-state index in [-0.39, 0.29) is 0 Å². The third kappa shape index (κ3) is 3.89. The Balaban J connectivity index is 2.06. The maximum atomic E-state index is 9.27. The molecule has 0 aliphatic carbocycles. The number of imidazole rings is 1. The Morgan fingerprint density at radius 2 is 2.11 bits per heavy atom. The van der Waals surface area contributed by atoms with Crippen LogP contribution in [0, 0.1) is 28.1 Å². The van der Waals surface area contributed by atoms with E-state index in [2.05, 4.69) is 27.1 Å². The van der Waals surface area contributed by atoms with Crippen LogP contribution in [0.2, 0.25) is 0 Å². The van der Waals surface area contributed by atoms with Crippen LogP contribution >= 0.6 is 0 Å². The van der Waals surface area contributed by atoms with Gasteiger partial charge in [0.05, 0.1) is 23.7 Å². The van der Waals surface area contributed by atoms with E-state index in [0.29, 0.717) is 23.5 Å². The molecule has 0 radical (unpaired) electrons. The zero-order chi connectivity index (χ0) is 20.1. The van der Waals surface area contributed by atoms with Crippen molar-refractivity contribution in [3.8, 4) is 23.4 Å². The van der Waals surface area contributed by atoms with Crippen LogP contribution in [-0.4, -0.2) is 27.1 Å². The Bertz CT molecular complexity index is 1150. The molecule has 2 N–H and O–H groups in total. The van der Waals surface area contributed by atoms with Gasteiger partial charge in [0, 0.05) is 47.7 Å².